The predicted octanol–water partition coefficient (Wildman–Crippen LogP) is 5.18. The average Bonchev–Trinajstić information content (AvgIpc) is 3.60. The third-order valence-corrected chi connectivity index (χ3v) is 7.80. The molecule has 5 aromatic rings. The summed E-state index contributed by atoms with van der Waals surface area (Å²) in [5.74, 6) is -1.95. The molecule has 6 rings (SSSR count). The van der Waals surface area contributed by atoms with E-state index >= 15 is 0 Å². The summed E-state index contributed by atoms with van der Waals surface area (Å²) in [5, 5.41) is 0. The molecule has 1 saturated heterocycles. The van der Waals surface area contributed by atoms with Crippen molar-refractivity contribution in [2.75, 3.05) is 6.61 Å². The molecule has 0 saturated carbocycles. The summed E-state index contributed by atoms with van der Waals surface area (Å²) in [6.07, 6.45) is -0.594. The number of hydrogen-bond donors (Lipinski definition) is 0. The van der Waals surface area contributed by atoms with E-state index in [0.29, 0.717) is 21.3 Å². The number of nitrogens with zero attached hydrogens (tertiary/aromatic N) is 4. The molecule has 4 atom stereocenters. The number of rotatable bonds is 8. The number of ether oxygens (including phenoxy) is 4. The highest BCUT2D eigenvalue weighted by atomic mass is 79.9. The van der Waals surface area contributed by atoms with Gasteiger partial charge in [-0.15, -0.1) is 0 Å². The Labute approximate surface area is 259 Å². The molecule has 3 aromatic carbocycles. The van der Waals surface area contributed by atoms with Crippen molar-refractivity contribution in [3.63, 3.8) is 0 Å². The number of carbonyl (C=O) groups excluding carboxylic acids is 3. The monoisotopic (exact) mass is 656 g/mol. The van der Waals surface area contributed by atoms with Crippen molar-refractivity contribution < 1.29 is 33.3 Å². The topological polar surface area (TPSA) is 132 Å². The van der Waals surface area contributed by atoms with E-state index in [1.807, 2.05) is 0 Å². The van der Waals surface area contributed by atoms with E-state index in [4.69, 9.17) is 18.9 Å². The van der Waals surface area contributed by atoms with E-state index in [0.717, 1.165) is 0 Å². The van der Waals surface area contributed by atoms with Gasteiger partial charge in [0.25, 0.3) is 0 Å². The molecule has 44 heavy (non-hydrogen) atoms. The van der Waals surface area contributed by atoms with Crippen LogP contribution in [0.15, 0.2) is 108 Å². The summed E-state index contributed by atoms with van der Waals surface area (Å²) >= 11 is 3.38. The Balaban J connectivity index is 1.41. The van der Waals surface area contributed by atoms with E-state index in [1.54, 1.807) is 102 Å². The summed E-state index contributed by atoms with van der Waals surface area (Å²) in [7, 11) is 0. The van der Waals surface area contributed by atoms with Crippen LogP contribution in [0, 0.1) is 0 Å². The first-order valence-corrected chi connectivity index (χ1v) is 14.4. The molecule has 3 heterocycles. The SMILES string of the molecule is C[C@@]1(OC(=O)c2ccccc2)C(OC(=O)c2ccccc2)C(COC(=O)c2ccccc2)OC1n1cnc2c(Br)ncnc21. The molecule has 0 amide bonds. The Morgan fingerprint density at radius 1 is 0.818 bits per heavy atom. The van der Waals surface area contributed by atoms with Crippen LogP contribution in [-0.4, -0.2) is 61.8 Å². The number of carbonyl (C=O) groups is 3. The van der Waals surface area contributed by atoms with Crippen molar-refractivity contribution in [2.24, 2.45) is 0 Å². The number of benzene rings is 3. The fraction of sp³-hybridized carbons (Fsp3) is 0.188. The normalized spacial score (nSPS) is 21.1. The maximum Gasteiger partial charge on any atom is 0.338 e. The van der Waals surface area contributed by atoms with Gasteiger partial charge in [-0.3, -0.25) is 4.57 Å². The second-order valence-corrected chi connectivity index (χ2v) is 10.9. The van der Waals surface area contributed by atoms with Crippen LogP contribution in [0.25, 0.3) is 11.2 Å². The molecule has 0 aliphatic carbocycles. The van der Waals surface area contributed by atoms with Crippen LogP contribution < -0.4 is 0 Å². The van der Waals surface area contributed by atoms with E-state index in [-0.39, 0.29) is 17.7 Å². The number of imidazole rings is 1. The van der Waals surface area contributed by atoms with Gasteiger partial charge in [0.15, 0.2) is 23.6 Å². The van der Waals surface area contributed by atoms with Gasteiger partial charge in [-0.05, 0) is 59.3 Å². The molecule has 2 aromatic heterocycles. The maximum absolute atomic E-state index is 13.5. The number of halogens is 1. The van der Waals surface area contributed by atoms with Gasteiger partial charge in [-0.2, -0.15) is 0 Å². The minimum atomic E-state index is -1.66. The summed E-state index contributed by atoms with van der Waals surface area (Å²) in [6, 6.07) is 25.2. The molecule has 222 valence electrons. The fourth-order valence-corrected chi connectivity index (χ4v) is 5.42. The van der Waals surface area contributed by atoms with E-state index in [1.165, 1.54) is 12.7 Å². The predicted molar refractivity (Wildman–Crippen MR) is 160 cm³/mol. The quantitative estimate of drug-likeness (QED) is 0.125. The van der Waals surface area contributed by atoms with Gasteiger partial charge in [-0.1, -0.05) is 54.6 Å². The van der Waals surface area contributed by atoms with Crippen molar-refractivity contribution >= 4 is 45.0 Å². The van der Waals surface area contributed by atoms with Crippen LogP contribution in [0.3, 0.4) is 0 Å². The summed E-state index contributed by atoms with van der Waals surface area (Å²) < 4.78 is 26.3. The molecule has 0 radical (unpaired) electrons. The molecule has 3 unspecified atom stereocenters. The van der Waals surface area contributed by atoms with Crippen molar-refractivity contribution in [3.8, 4) is 0 Å². The number of hydrogen-bond acceptors (Lipinski definition) is 10. The molecule has 1 fully saturated rings. The van der Waals surface area contributed by atoms with Gasteiger partial charge in [0.2, 0.25) is 0 Å². The Hall–Kier alpha value is -4.94. The number of esters is 3. The Morgan fingerprint density at radius 3 is 2.00 bits per heavy atom. The number of fused-ring (bicyclic) bond motifs is 1. The molecule has 12 heteroatoms. The van der Waals surface area contributed by atoms with Crippen LogP contribution in [0.4, 0.5) is 0 Å². The smallest absolute Gasteiger partial charge is 0.338 e. The van der Waals surface area contributed by atoms with Gasteiger partial charge < -0.3 is 18.9 Å². The first-order chi connectivity index (χ1) is 21.3. The molecule has 1 aliphatic heterocycles. The second-order valence-electron chi connectivity index (χ2n) is 10.1. The van der Waals surface area contributed by atoms with Crippen LogP contribution in [0.1, 0.15) is 44.2 Å². The van der Waals surface area contributed by atoms with Gasteiger partial charge >= 0.3 is 17.9 Å². The Kier molecular flexibility index (Phi) is 8.18. The average molecular weight is 657 g/mol. The lowest BCUT2D eigenvalue weighted by Gasteiger charge is -2.34. The first-order valence-electron chi connectivity index (χ1n) is 13.6. The lowest BCUT2D eigenvalue weighted by Crippen LogP contribution is -2.50. The highest BCUT2D eigenvalue weighted by molar-refractivity contribution is 9.10. The highest BCUT2D eigenvalue weighted by Gasteiger charge is 2.60. The summed E-state index contributed by atoms with van der Waals surface area (Å²) in [4.78, 5) is 52.8. The molecular formula is C32H25BrN4O7. The summed E-state index contributed by atoms with van der Waals surface area (Å²) in [5.41, 5.74) is 0.0307. The molecule has 11 nitrogen and oxygen atoms in total. The van der Waals surface area contributed by atoms with Crippen molar-refractivity contribution in [1.29, 1.82) is 0 Å². The Morgan fingerprint density at radius 2 is 1.39 bits per heavy atom. The van der Waals surface area contributed by atoms with E-state index in [2.05, 4.69) is 30.9 Å². The van der Waals surface area contributed by atoms with E-state index < -0.39 is 41.9 Å². The van der Waals surface area contributed by atoms with Gasteiger partial charge in [0.05, 0.1) is 23.0 Å². The minimum Gasteiger partial charge on any atom is -0.459 e. The van der Waals surface area contributed by atoms with E-state index in [9.17, 15) is 14.4 Å². The van der Waals surface area contributed by atoms with Gasteiger partial charge in [0.1, 0.15) is 29.2 Å². The molecule has 1 aliphatic rings. The van der Waals surface area contributed by atoms with Gasteiger partial charge in [0, 0.05) is 0 Å². The second kappa shape index (κ2) is 12.3. The van der Waals surface area contributed by atoms with Crippen molar-refractivity contribution in [3.05, 3.63) is 125 Å². The highest BCUT2D eigenvalue weighted by Crippen LogP contribution is 2.45. The molecular weight excluding hydrogens is 632 g/mol. The Bertz CT molecular complexity index is 1800. The summed E-state index contributed by atoms with van der Waals surface area (Å²) in [6.45, 7) is 1.28. The largest absolute Gasteiger partial charge is 0.459 e. The third-order valence-electron chi connectivity index (χ3n) is 7.22. The third kappa shape index (κ3) is 5.69. The zero-order chi connectivity index (χ0) is 30.7. The van der Waals surface area contributed by atoms with Crippen molar-refractivity contribution in [1.82, 2.24) is 19.5 Å². The van der Waals surface area contributed by atoms with Crippen molar-refractivity contribution in [2.45, 2.75) is 31.0 Å². The van der Waals surface area contributed by atoms with Crippen LogP contribution in [-0.2, 0) is 18.9 Å². The molecule has 0 N–H and O–H groups in total. The van der Waals surface area contributed by atoms with Gasteiger partial charge in [-0.25, -0.2) is 29.3 Å². The number of aromatic nitrogens is 4. The molecule has 0 bridgehead atoms. The lowest BCUT2D eigenvalue weighted by atomic mass is 9.95. The van der Waals surface area contributed by atoms with Crippen LogP contribution >= 0.6 is 15.9 Å². The lowest BCUT2D eigenvalue weighted by molar-refractivity contribution is -0.108. The van der Waals surface area contributed by atoms with Crippen LogP contribution in [0.2, 0.25) is 0 Å². The van der Waals surface area contributed by atoms with Crippen LogP contribution in [0.5, 0.6) is 0 Å². The zero-order valence-corrected chi connectivity index (χ0v) is 24.9. The first kappa shape index (κ1) is 29.1. The molecule has 0 spiro atoms. The maximum atomic E-state index is 13.5. The minimum absolute atomic E-state index is 0.275. The zero-order valence-electron chi connectivity index (χ0n) is 23.3. The standard InChI is InChI=1S/C32H25BrN4O7/c1-32(44-30(40)22-15-9-4-10-16-22)25(43-29(39)21-13-7-3-8-14-21)23(17-41-28(38)20-11-5-2-6-12-20)42-31(32)37-19-36-24-26(33)34-18-35-27(24)37/h2-16,18-19,23,25,31H,17H2,1H3/t23?,25?,31?,32-/m1/s1. The fourth-order valence-electron chi connectivity index (χ4n) is 5.05.